The van der Waals surface area contributed by atoms with Crippen molar-refractivity contribution in [2.45, 2.75) is 25.9 Å². The van der Waals surface area contributed by atoms with Crippen molar-refractivity contribution >= 4 is 28.1 Å². The highest BCUT2D eigenvalue weighted by molar-refractivity contribution is 7.09. The summed E-state index contributed by atoms with van der Waals surface area (Å²) in [5, 5.41) is 5.40. The molecule has 0 aliphatic heterocycles. The molecule has 3 aromatic rings. The quantitative estimate of drug-likeness (QED) is 0.702. The molecule has 0 aromatic carbocycles. The molecule has 120 valence electrons. The lowest BCUT2D eigenvalue weighted by Gasteiger charge is -2.06. The fraction of sp³-hybridized carbons (Fsp3) is 0.211. The average Bonchev–Trinajstić information content (AvgIpc) is 3.18. The van der Waals surface area contributed by atoms with Crippen LogP contribution in [0.3, 0.4) is 0 Å². The fourth-order valence-corrected chi connectivity index (χ4v) is 3.14. The smallest absolute Gasteiger partial charge is 0.177 e. The lowest BCUT2D eigenvalue weighted by Crippen LogP contribution is -2.17. The number of thiophene rings is 1. The number of hydrogen-bond donors (Lipinski definition) is 2. The number of nitrogens with one attached hydrogen (secondary N) is 1. The van der Waals surface area contributed by atoms with Gasteiger partial charge in [0.2, 0.25) is 0 Å². The summed E-state index contributed by atoms with van der Waals surface area (Å²) in [4.78, 5) is 5.66. The second kappa shape index (κ2) is 6.80. The van der Waals surface area contributed by atoms with E-state index in [0.29, 0.717) is 41.1 Å². The minimum absolute atomic E-state index is 0.0627. The number of nitrogens with two attached hydrogens (primary N) is 1. The zero-order valence-electron chi connectivity index (χ0n) is 13.3. The van der Waals surface area contributed by atoms with E-state index < -0.39 is 0 Å². The number of terminal acetylenes is 2. The van der Waals surface area contributed by atoms with Crippen molar-refractivity contribution in [3.63, 3.8) is 0 Å². The lowest BCUT2D eigenvalue weighted by atomic mass is 10.1. The highest BCUT2D eigenvalue weighted by Gasteiger charge is 2.19. The predicted octanol–water partition coefficient (Wildman–Crippen LogP) is 3.35. The predicted molar refractivity (Wildman–Crippen MR) is 98.9 cm³/mol. The third kappa shape index (κ3) is 3.14. The molecule has 0 aliphatic carbocycles. The number of anilines is 1. The van der Waals surface area contributed by atoms with E-state index in [1.54, 1.807) is 17.4 Å². The van der Waals surface area contributed by atoms with Crippen molar-refractivity contribution in [3.05, 3.63) is 45.5 Å². The first-order valence-corrected chi connectivity index (χ1v) is 8.41. The second-order valence-electron chi connectivity index (χ2n) is 5.54. The first-order chi connectivity index (χ1) is 11.6. The van der Waals surface area contributed by atoms with Crippen molar-refractivity contribution in [2.24, 2.45) is 5.73 Å². The summed E-state index contributed by atoms with van der Waals surface area (Å²) >= 11 is 1.68. The van der Waals surface area contributed by atoms with E-state index >= 15 is 0 Å². The zero-order valence-corrected chi connectivity index (χ0v) is 14.1. The van der Waals surface area contributed by atoms with E-state index in [4.69, 9.17) is 23.0 Å². The molecule has 0 bridgehead atoms. The van der Waals surface area contributed by atoms with Crippen LogP contribution < -0.4 is 11.1 Å². The fourth-order valence-electron chi connectivity index (χ4n) is 2.50. The summed E-state index contributed by atoms with van der Waals surface area (Å²) in [5.74, 6) is 5.91. The summed E-state index contributed by atoms with van der Waals surface area (Å²) in [6, 6.07) is 5.82. The molecule has 0 fully saturated rings. The molecule has 5 heteroatoms. The summed E-state index contributed by atoms with van der Waals surface area (Å²) < 4.78 is 5.99. The molecular formula is C19H17N3OS. The molecule has 3 rings (SSSR count). The number of furan rings is 1. The van der Waals surface area contributed by atoms with E-state index in [1.165, 1.54) is 4.88 Å². The molecule has 0 unspecified atom stereocenters. The second-order valence-corrected chi connectivity index (χ2v) is 6.57. The van der Waals surface area contributed by atoms with Crippen molar-refractivity contribution in [1.82, 2.24) is 4.98 Å². The molecule has 3 N–H and O–H groups in total. The summed E-state index contributed by atoms with van der Waals surface area (Å²) in [6.07, 6.45) is 11.8. The summed E-state index contributed by atoms with van der Waals surface area (Å²) in [5.41, 5.74) is 9.04. The third-order valence-electron chi connectivity index (χ3n) is 3.55. The van der Waals surface area contributed by atoms with Gasteiger partial charge in [-0.2, -0.15) is 0 Å². The molecular weight excluding hydrogens is 318 g/mol. The largest absolute Gasteiger partial charge is 0.456 e. The number of aromatic nitrogens is 1. The Morgan fingerprint density at radius 1 is 1.42 bits per heavy atom. The van der Waals surface area contributed by atoms with Crippen LogP contribution in [0.4, 0.5) is 5.69 Å². The van der Waals surface area contributed by atoms with Crippen molar-refractivity contribution < 1.29 is 4.42 Å². The van der Waals surface area contributed by atoms with Gasteiger partial charge in [-0.3, -0.25) is 0 Å². The molecule has 0 aliphatic rings. The zero-order chi connectivity index (χ0) is 17.1. The van der Waals surface area contributed by atoms with Gasteiger partial charge in [-0.1, -0.05) is 17.9 Å². The van der Waals surface area contributed by atoms with Crippen LogP contribution in [0.2, 0.25) is 0 Å². The highest BCUT2D eigenvalue weighted by atomic mass is 32.1. The van der Waals surface area contributed by atoms with Gasteiger partial charge in [0.25, 0.3) is 0 Å². The van der Waals surface area contributed by atoms with Crippen LogP contribution in [0, 0.1) is 24.7 Å². The molecule has 4 nitrogen and oxygen atoms in total. The molecule has 24 heavy (non-hydrogen) atoms. The van der Waals surface area contributed by atoms with Crippen molar-refractivity contribution in [2.75, 3.05) is 5.32 Å². The number of pyridine rings is 1. The van der Waals surface area contributed by atoms with E-state index in [0.717, 1.165) is 5.69 Å². The maximum absolute atomic E-state index is 5.99. The highest BCUT2D eigenvalue weighted by Crippen LogP contribution is 2.31. The summed E-state index contributed by atoms with van der Waals surface area (Å²) in [6.45, 7) is 2.58. The Labute approximate surface area is 145 Å². The number of nitrogens with zero attached hydrogens (tertiary/aromatic N) is 1. The molecule has 0 radical (unpaired) electrons. The van der Waals surface area contributed by atoms with Crippen LogP contribution in [0.15, 0.2) is 28.0 Å². The van der Waals surface area contributed by atoms with E-state index in [9.17, 15) is 0 Å². The molecule has 1 atom stereocenters. The first kappa shape index (κ1) is 16.1. The Morgan fingerprint density at radius 2 is 2.25 bits per heavy atom. The van der Waals surface area contributed by atoms with Crippen LogP contribution in [-0.4, -0.2) is 11.0 Å². The Morgan fingerprint density at radius 3 is 2.88 bits per heavy atom. The van der Waals surface area contributed by atoms with Gasteiger partial charge in [0.1, 0.15) is 17.0 Å². The Hall–Kier alpha value is -2.73. The number of fused-ring (bicyclic) bond motifs is 1. The van der Waals surface area contributed by atoms with Gasteiger partial charge in [0.15, 0.2) is 5.58 Å². The molecule has 0 amide bonds. The maximum atomic E-state index is 5.99. The van der Waals surface area contributed by atoms with Crippen LogP contribution >= 0.6 is 11.3 Å². The van der Waals surface area contributed by atoms with Crippen LogP contribution in [0.5, 0.6) is 0 Å². The van der Waals surface area contributed by atoms with Crippen LogP contribution in [0.1, 0.15) is 28.8 Å². The topological polar surface area (TPSA) is 64.1 Å². The molecule has 0 spiro atoms. The van der Waals surface area contributed by atoms with Gasteiger partial charge < -0.3 is 15.5 Å². The van der Waals surface area contributed by atoms with Gasteiger partial charge >= 0.3 is 0 Å². The van der Waals surface area contributed by atoms with Gasteiger partial charge in [0, 0.05) is 23.9 Å². The van der Waals surface area contributed by atoms with Crippen LogP contribution in [0.25, 0.3) is 11.1 Å². The van der Waals surface area contributed by atoms with E-state index in [1.807, 2.05) is 18.4 Å². The third-order valence-corrected chi connectivity index (χ3v) is 4.42. The van der Waals surface area contributed by atoms with Crippen molar-refractivity contribution in [3.8, 4) is 24.7 Å². The van der Waals surface area contributed by atoms with Gasteiger partial charge in [-0.05, 0) is 24.4 Å². The SMILES string of the molecule is C#Cc1cc(NCc2cccs2)c2oc(C[C@H](C)N)c(C#C)c2n1. The lowest BCUT2D eigenvalue weighted by molar-refractivity contribution is 0.524. The normalized spacial score (nSPS) is 11.8. The first-order valence-electron chi connectivity index (χ1n) is 7.53. The molecule has 0 saturated carbocycles. The van der Waals surface area contributed by atoms with Crippen LogP contribution in [-0.2, 0) is 13.0 Å². The molecule has 3 heterocycles. The minimum Gasteiger partial charge on any atom is -0.456 e. The molecule has 0 saturated heterocycles. The Kier molecular flexibility index (Phi) is 4.57. The van der Waals surface area contributed by atoms with E-state index in [2.05, 4.69) is 28.2 Å². The van der Waals surface area contributed by atoms with Gasteiger partial charge in [0.05, 0.1) is 11.3 Å². The average molecular weight is 335 g/mol. The monoisotopic (exact) mass is 335 g/mol. The van der Waals surface area contributed by atoms with Gasteiger partial charge in [-0.25, -0.2) is 4.98 Å². The van der Waals surface area contributed by atoms with Gasteiger partial charge in [-0.15, -0.1) is 24.2 Å². The standard InChI is InChI=1S/C19H17N3OS/c1-4-13-10-16(21-11-14-7-6-8-24-14)19-18(22-13)15(5-2)17(23-19)9-12(3)20/h1-2,6-8,10,12H,9,11,20H2,3H3,(H,21,22)/t12-/m0/s1. The maximum Gasteiger partial charge on any atom is 0.177 e. The Bertz CT molecular complexity index is 940. The van der Waals surface area contributed by atoms with Crippen molar-refractivity contribution in [1.29, 1.82) is 0 Å². The van der Waals surface area contributed by atoms with E-state index in [-0.39, 0.29) is 6.04 Å². The molecule has 3 aromatic heterocycles. The Balaban J connectivity index is 2.08. The minimum atomic E-state index is -0.0627. The number of hydrogen-bond acceptors (Lipinski definition) is 5. The summed E-state index contributed by atoms with van der Waals surface area (Å²) in [7, 11) is 0. The number of rotatable bonds is 5.